The van der Waals surface area contributed by atoms with Gasteiger partial charge >= 0.3 is 12.0 Å². The largest absolute Gasteiger partial charge is 0.481 e. The Morgan fingerprint density at radius 1 is 1.38 bits per heavy atom. The first-order valence-corrected chi connectivity index (χ1v) is 7.82. The molecule has 1 saturated heterocycles. The summed E-state index contributed by atoms with van der Waals surface area (Å²) in [5.74, 6) is -0.240. The number of nitrogens with zero attached hydrogens (tertiary/aromatic N) is 2. The molecule has 21 heavy (non-hydrogen) atoms. The van der Waals surface area contributed by atoms with Crippen LogP contribution in [0, 0.1) is 5.92 Å². The van der Waals surface area contributed by atoms with Crippen LogP contribution in [0.1, 0.15) is 39.0 Å². The van der Waals surface area contributed by atoms with E-state index in [0.717, 1.165) is 19.3 Å². The number of amides is 2. The van der Waals surface area contributed by atoms with Crippen LogP contribution in [0.15, 0.2) is 0 Å². The number of rotatable bonds is 3. The fraction of sp³-hybridized carbons (Fsp3) is 0.867. The number of urea groups is 1. The quantitative estimate of drug-likeness (QED) is 0.862. The van der Waals surface area contributed by atoms with Gasteiger partial charge in [0.1, 0.15) is 0 Å². The molecule has 2 fully saturated rings. The van der Waals surface area contributed by atoms with Crippen molar-refractivity contribution in [2.24, 2.45) is 5.92 Å². The molecule has 0 aromatic heterocycles. The van der Waals surface area contributed by atoms with E-state index in [-0.39, 0.29) is 24.5 Å². The maximum absolute atomic E-state index is 12.7. The number of carbonyl (C=O) groups excluding carboxylic acids is 1. The molecule has 0 radical (unpaired) electrons. The smallest absolute Gasteiger partial charge is 0.320 e. The number of hydrogen-bond acceptors (Lipinski definition) is 3. The van der Waals surface area contributed by atoms with Crippen molar-refractivity contribution in [2.45, 2.75) is 51.1 Å². The normalized spacial score (nSPS) is 30.0. The van der Waals surface area contributed by atoms with Crippen LogP contribution in [0.4, 0.5) is 4.79 Å². The van der Waals surface area contributed by atoms with E-state index in [9.17, 15) is 9.59 Å². The lowest BCUT2D eigenvalue weighted by atomic mass is 9.86. The van der Waals surface area contributed by atoms with Gasteiger partial charge < -0.3 is 19.6 Å². The number of aliphatic carboxylic acids is 1. The SMILES string of the molecule is CC1CCCC(N(C)C(=O)N2CCOCC2CC(=O)O)C1. The second-order valence-corrected chi connectivity index (χ2v) is 6.34. The Hall–Kier alpha value is -1.30. The van der Waals surface area contributed by atoms with Gasteiger partial charge in [0.05, 0.1) is 25.7 Å². The molecule has 2 amide bonds. The van der Waals surface area contributed by atoms with Gasteiger partial charge in [-0.1, -0.05) is 19.8 Å². The Morgan fingerprint density at radius 3 is 2.81 bits per heavy atom. The number of carbonyl (C=O) groups is 2. The van der Waals surface area contributed by atoms with Gasteiger partial charge in [-0.15, -0.1) is 0 Å². The van der Waals surface area contributed by atoms with Gasteiger partial charge in [-0.05, 0) is 18.8 Å². The minimum atomic E-state index is -0.891. The number of hydrogen-bond donors (Lipinski definition) is 1. The molecule has 1 heterocycles. The van der Waals surface area contributed by atoms with Crippen molar-refractivity contribution in [2.75, 3.05) is 26.8 Å². The molecule has 0 bridgehead atoms. The fourth-order valence-electron chi connectivity index (χ4n) is 3.39. The van der Waals surface area contributed by atoms with Crippen LogP contribution in [0.3, 0.4) is 0 Å². The van der Waals surface area contributed by atoms with Gasteiger partial charge in [0.2, 0.25) is 0 Å². The standard InChI is InChI=1S/C15H26N2O4/c1-11-4-3-5-12(8-11)16(2)15(20)17-6-7-21-10-13(17)9-14(18)19/h11-13H,3-10H2,1-2H3,(H,18,19). The lowest BCUT2D eigenvalue weighted by Gasteiger charge is -2.41. The Morgan fingerprint density at radius 2 is 2.14 bits per heavy atom. The first-order chi connectivity index (χ1) is 9.99. The molecule has 6 heteroatoms. The van der Waals surface area contributed by atoms with Crippen molar-refractivity contribution in [3.05, 3.63) is 0 Å². The summed E-state index contributed by atoms with van der Waals surface area (Å²) in [6, 6.07) is -0.134. The lowest BCUT2D eigenvalue weighted by Crippen LogP contribution is -2.55. The molecule has 2 rings (SSSR count). The summed E-state index contributed by atoms with van der Waals surface area (Å²) in [7, 11) is 1.85. The van der Waals surface area contributed by atoms with Crippen LogP contribution in [0.25, 0.3) is 0 Å². The molecule has 3 unspecified atom stereocenters. The van der Waals surface area contributed by atoms with Crippen LogP contribution in [-0.4, -0.2) is 65.8 Å². The third kappa shape index (κ3) is 4.09. The Labute approximate surface area is 126 Å². The van der Waals surface area contributed by atoms with E-state index in [2.05, 4.69) is 6.92 Å². The molecular weight excluding hydrogens is 272 g/mol. The van der Waals surface area contributed by atoms with Crippen molar-refractivity contribution < 1.29 is 19.4 Å². The Kier molecular flexibility index (Phi) is 5.45. The fourth-order valence-corrected chi connectivity index (χ4v) is 3.39. The summed E-state index contributed by atoms with van der Waals surface area (Å²) in [5, 5.41) is 8.98. The number of carboxylic acid groups (broad SMARTS) is 1. The average Bonchev–Trinajstić information content (AvgIpc) is 2.46. The van der Waals surface area contributed by atoms with Gasteiger partial charge in [0.15, 0.2) is 0 Å². The molecule has 2 aliphatic rings. The predicted octanol–water partition coefficient (Wildman–Crippen LogP) is 1.79. The summed E-state index contributed by atoms with van der Waals surface area (Å²) >= 11 is 0. The van der Waals surface area contributed by atoms with E-state index < -0.39 is 5.97 Å². The van der Waals surface area contributed by atoms with Crippen molar-refractivity contribution in [1.82, 2.24) is 9.80 Å². The first kappa shape index (κ1) is 16.1. The second-order valence-electron chi connectivity index (χ2n) is 6.34. The van der Waals surface area contributed by atoms with Gasteiger partial charge in [-0.2, -0.15) is 0 Å². The third-order valence-electron chi connectivity index (χ3n) is 4.64. The van der Waals surface area contributed by atoms with E-state index in [1.54, 1.807) is 4.90 Å². The van der Waals surface area contributed by atoms with Gasteiger partial charge in [-0.25, -0.2) is 4.79 Å². The molecule has 1 saturated carbocycles. The summed E-state index contributed by atoms with van der Waals surface area (Å²) in [6.07, 6.45) is 4.42. The molecule has 1 N–H and O–H groups in total. The van der Waals surface area contributed by atoms with E-state index >= 15 is 0 Å². The molecule has 1 aliphatic heterocycles. The highest BCUT2D eigenvalue weighted by atomic mass is 16.5. The molecule has 3 atom stereocenters. The van der Waals surface area contributed by atoms with Crippen molar-refractivity contribution in [3.8, 4) is 0 Å². The lowest BCUT2D eigenvalue weighted by molar-refractivity contribution is -0.139. The first-order valence-electron chi connectivity index (χ1n) is 7.82. The van der Waals surface area contributed by atoms with Crippen molar-refractivity contribution >= 4 is 12.0 Å². The highest BCUT2D eigenvalue weighted by Gasteiger charge is 2.34. The summed E-state index contributed by atoms with van der Waals surface area (Å²) in [5.41, 5.74) is 0. The zero-order valence-electron chi connectivity index (χ0n) is 13.0. The zero-order chi connectivity index (χ0) is 15.4. The number of morpholine rings is 1. The van der Waals surface area contributed by atoms with E-state index in [4.69, 9.17) is 9.84 Å². The summed E-state index contributed by atoms with van der Waals surface area (Å²) in [4.78, 5) is 27.1. The monoisotopic (exact) mass is 298 g/mol. The molecule has 120 valence electrons. The molecule has 0 aromatic rings. The molecular formula is C15H26N2O4. The van der Waals surface area contributed by atoms with Crippen LogP contribution in [0.5, 0.6) is 0 Å². The highest BCUT2D eigenvalue weighted by Crippen LogP contribution is 2.27. The minimum Gasteiger partial charge on any atom is -0.481 e. The topological polar surface area (TPSA) is 70.1 Å². The molecule has 1 aliphatic carbocycles. The van der Waals surface area contributed by atoms with Crippen molar-refractivity contribution in [3.63, 3.8) is 0 Å². The maximum atomic E-state index is 12.7. The Balaban J connectivity index is 2.00. The minimum absolute atomic E-state index is 0.0522. The molecule has 0 spiro atoms. The van der Waals surface area contributed by atoms with Crippen LogP contribution in [0.2, 0.25) is 0 Å². The number of ether oxygens (including phenoxy) is 1. The summed E-state index contributed by atoms with van der Waals surface area (Å²) in [6.45, 7) is 3.50. The van der Waals surface area contributed by atoms with Gasteiger partial charge in [0, 0.05) is 19.6 Å². The van der Waals surface area contributed by atoms with Gasteiger partial charge in [0.25, 0.3) is 0 Å². The maximum Gasteiger partial charge on any atom is 0.320 e. The van der Waals surface area contributed by atoms with Gasteiger partial charge in [-0.3, -0.25) is 4.79 Å². The van der Waals surface area contributed by atoms with E-state index in [0.29, 0.717) is 25.7 Å². The zero-order valence-corrected chi connectivity index (χ0v) is 13.0. The molecule has 6 nitrogen and oxygen atoms in total. The predicted molar refractivity (Wildman–Crippen MR) is 78.1 cm³/mol. The highest BCUT2D eigenvalue weighted by molar-refractivity contribution is 5.76. The second kappa shape index (κ2) is 7.11. The van der Waals surface area contributed by atoms with E-state index in [1.807, 2.05) is 11.9 Å². The van der Waals surface area contributed by atoms with Crippen LogP contribution in [-0.2, 0) is 9.53 Å². The third-order valence-corrected chi connectivity index (χ3v) is 4.64. The van der Waals surface area contributed by atoms with Crippen LogP contribution < -0.4 is 0 Å². The van der Waals surface area contributed by atoms with Crippen molar-refractivity contribution in [1.29, 1.82) is 0 Å². The van der Waals surface area contributed by atoms with Crippen LogP contribution >= 0.6 is 0 Å². The molecule has 0 aromatic carbocycles. The number of carboxylic acids is 1. The summed E-state index contributed by atoms with van der Waals surface area (Å²) < 4.78 is 5.33. The van der Waals surface area contributed by atoms with E-state index in [1.165, 1.54) is 6.42 Å². The Bertz CT molecular complexity index is 388. The average molecular weight is 298 g/mol.